The summed E-state index contributed by atoms with van der Waals surface area (Å²) in [6.07, 6.45) is 4.89. The Hall–Kier alpha value is -0.360. The summed E-state index contributed by atoms with van der Waals surface area (Å²) in [7, 11) is 0. The maximum Gasteiger partial charge on any atom is 0.220 e. The van der Waals surface area contributed by atoms with Crippen molar-refractivity contribution >= 4 is 42.1 Å². The molecule has 1 aliphatic rings. The minimum absolute atomic E-state index is 0. The largest absolute Gasteiger partial charge is 0.356 e. The van der Waals surface area contributed by atoms with Gasteiger partial charge >= 0.3 is 0 Å². The summed E-state index contributed by atoms with van der Waals surface area (Å²) in [5.74, 6) is 0.161. The molecule has 2 heterocycles. The average molecular weight is 326 g/mol. The first-order valence-corrected chi connectivity index (χ1v) is 7.16. The zero-order chi connectivity index (χ0) is 11.9. The van der Waals surface area contributed by atoms with Crippen LogP contribution in [0.4, 0.5) is 0 Å². The fourth-order valence-electron chi connectivity index (χ4n) is 2.09. The monoisotopic (exact) mass is 325 g/mol. The van der Waals surface area contributed by atoms with Crippen LogP contribution in [-0.4, -0.2) is 30.0 Å². The van der Waals surface area contributed by atoms with Crippen molar-refractivity contribution in [2.75, 3.05) is 13.1 Å². The van der Waals surface area contributed by atoms with E-state index in [9.17, 15) is 4.79 Å². The molecule has 2 N–H and O–H groups in total. The zero-order valence-corrected chi connectivity index (χ0v) is 13.2. The first-order valence-electron chi connectivity index (χ1n) is 6.22. The van der Waals surface area contributed by atoms with Gasteiger partial charge in [-0.05, 0) is 25.8 Å². The van der Waals surface area contributed by atoms with E-state index in [0.29, 0.717) is 19.0 Å². The van der Waals surface area contributed by atoms with E-state index < -0.39 is 0 Å². The van der Waals surface area contributed by atoms with Gasteiger partial charge in [-0.25, -0.2) is 4.98 Å². The minimum Gasteiger partial charge on any atom is -0.356 e. The lowest BCUT2D eigenvalue weighted by Crippen LogP contribution is -2.28. The van der Waals surface area contributed by atoms with Crippen molar-refractivity contribution in [1.29, 1.82) is 0 Å². The van der Waals surface area contributed by atoms with Crippen LogP contribution in [0.3, 0.4) is 0 Å². The predicted octanol–water partition coefficient (Wildman–Crippen LogP) is 2.18. The van der Waals surface area contributed by atoms with E-state index in [1.165, 1.54) is 12.8 Å². The van der Waals surface area contributed by atoms with Crippen LogP contribution in [0.15, 0.2) is 10.9 Å². The van der Waals surface area contributed by atoms with Crippen molar-refractivity contribution in [2.45, 2.75) is 38.1 Å². The third-order valence-corrected chi connectivity index (χ3v) is 3.70. The Balaban J connectivity index is 0.00000162. The number of rotatable bonds is 6. The van der Waals surface area contributed by atoms with Crippen molar-refractivity contribution in [2.24, 2.45) is 0 Å². The van der Waals surface area contributed by atoms with Gasteiger partial charge in [-0.2, -0.15) is 0 Å². The molecule has 0 bridgehead atoms. The zero-order valence-electron chi connectivity index (χ0n) is 10.8. The number of amides is 1. The lowest BCUT2D eigenvalue weighted by molar-refractivity contribution is -0.121. The highest BCUT2D eigenvalue weighted by Crippen LogP contribution is 2.10. The molecule has 7 heteroatoms. The van der Waals surface area contributed by atoms with E-state index in [-0.39, 0.29) is 30.7 Å². The smallest absolute Gasteiger partial charge is 0.220 e. The number of nitrogens with one attached hydrogen (secondary N) is 2. The van der Waals surface area contributed by atoms with Crippen LogP contribution in [-0.2, 0) is 11.2 Å². The molecule has 19 heavy (non-hydrogen) atoms. The predicted molar refractivity (Wildman–Crippen MR) is 83.6 cm³/mol. The Labute approximate surface area is 130 Å². The molecule has 2 rings (SSSR count). The molecule has 110 valence electrons. The second kappa shape index (κ2) is 10.4. The highest BCUT2D eigenvalue weighted by molar-refractivity contribution is 7.07. The molecule has 1 aromatic heterocycles. The molecule has 0 saturated carbocycles. The van der Waals surface area contributed by atoms with Crippen molar-refractivity contribution in [3.8, 4) is 0 Å². The van der Waals surface area contributed by atoms with Crippen LogP contribution in [0.2, 0.25) is 0 Å². The van der Waals surface area contributed by atoms with Crippen molar-refractivity contribution in [3.05, 3.63) is 16.6 Å². The van der Waals surface area contributed by atoms with Gasteiger partial charge < -0.3 is 10.6 Å². The van der Waals surface area contributed by atoms with Gasteiger partial charge in [0.25, 0.3) is 0 Å². The number of halogens is 2. The molecule has 4 nitrogen and oxygen atoms in total. The fourth-order valence-corrected chi connectivity index (χ4v) is 2.68. The van der Waals surface area contributed by atoms with E-state index >= 15 is 0 Å². The Bertz CT molecular complexity index is 343. The summed E-state index contributed by atoms with van der Waals surface area (Å²) < 4.78 is 0. The number of hydrogen-bond acceptors (Lipinski definition) is 4. The molecular formula is C12H21Cl2N3OS. The maximum atomic E-state index is 11.6. The molecular weight excluding hydrogens is 305 g/mol. The highest BCUT2D eigenvalue weighted by atomic mass is 35.5. The Kier molecular flexibility index (Phi) is 10.2. The topological polar surface area (TPSA) is 54.0 Å². The summed E-state index contributed by atoms with van der Waals surface area (Å²) in [6.45, 7) is 1.80. The van der Waals surface area contributed by atoms with Gasteiger partial charge in [-0.15, -0.1) is 36.2 Å². The summed E-state index contributed by atoms with van der Waals surface area (Å²) >= 11 is 1.59. The quantitative estimate of drug-likeness (QED) is 0.842. The number of thiazole rings is 1. The molecule has 0 radical (unpaired) electrons. The van der Waals surface area contributed by atoms with Gasteiger partial charge in [-0.3, -0.25) is 4.79 Å². The Morgan fingerprint density at radius 2 is 2.37 bits per heavy atom. The fraction of sp³-hybridized carbons (Fsp3) is 0.667. The van der Waals surface area contributed by atoms with Crippen LogP contribution >= 0.6 is 36.2 Å². The summed E-state index contributed by atoms with van der Waals surface area (Å²) in [5.41, 5.74) is 2.89. The van der Waals surface area contributed by atoms with E-state index in [0.717, 1.165) is 25.1 Å². The summed E-state index contributed by atoms with van der Waals surface area (Å²) in [4.78, 5) is 15.8. The van der Waals surface area contributed by atoms with Crippen LogP contribution in [0.1, 0.15) is 31.4 Å². The third kappa shape index (κ3) is 7.11. The second-order valence-corrected chi connectivity index (χ2v) is 5.13. The van der Waals surface area contributed by atoms with E-state index in [2.05, 4.69) is 15.6 Å². The van der Waals surface area contributed by atoms with Crippen molar-refractivity contribution in [1.82, 2.24) is 15.6 Å². The minimum atomic E-state index is 0. The number of aromatic nitrogens is 1. The van der Waals surface area contributed by atoms with Crippen LogP contribution in [0.25, 0.3) is 0 Å². The molecule has 1 amide bonds. The number of carbonyl (C=O) groups is 1. The first-order chi connectivity index (χ1) is 8.34. The van der Waals surface area contributed by atoms with E-state index in [1.54, 1.807) is 11.3 Å². The maximum absolute atomic E-state index is 11.6. The molecule has 1 saturated heterocycles. The molecule has 0 aromatic carbocycles. The molecule has 1 aliphatic heterocycles. The number of hydrogen-bond donors (Lipinski definition) is 2. The standard InChI is InChI=1S/C12H19N3OS.2ClH/c16-12(4-3-10-2-1-6-13-10)14-7-5-11-8-17-9-15-11;;/h8-10,13H,1-7H2,(H,14,16);2*1H. The third-order valence-electron chi connectivity index (χ3n) is 3.07. The highest BCUT2D eigenvalue weighted by Gasteiger charge is 2.14. The van der Waals surface area contributed by atoms with Gasteiger partial charge in [0.05, 0.1) is 11.2 Å². The summed E-state index contributed by atoms with van der Waals surface area (Å²) in [6, 6.07) is 0.555. The van der Waals surface area contributed by atoms with Crippen molar-refractivity contribution < 1.29 is 4.79 Å². The van der Waals surface area contributed by atoms with Crippen LogP contribution < -0.4 is 10.6 Å². The Morgan fingerprint density at radius 1 is 1.53 bits per heavy atom. The Morgan fingerprint density at radius 3 is 3.00 bits per heavy atom. The molecule has 1 fully saturated rings. The lowest BCUT2D eigenvalue weighted by Gasteiger charge is -2.09. The number of carbonyl (C=O) groups excluding carboxylic acids is 1. The lowest BCUT2D eigenvalue weighted by atomic mass is 10.1. The van der Waals surface area contributed by atoms with Gasteiger partial charge in [-0.1, -0.05) is 0 Å². The first kappa shape index (κ1) is 18.6. The average Bonchev–Trinajstić information content (AvgIpc) is 2.99. The molecule has 1 unspecified atom stereocenters. The SMILES string of the molecule is Cl.Cl.O=C(CCC1CCCN1)NCCc1cscn1. The summed E-state index contributed by atoms with van der Waals surface area (Å²) in [5, 5.41) is 8.37. The normalized spacial score (nSPS) is 17.4. The molecule has 0 spiro atoms. The second-order valence-electron chi connectivity index (χ2n) is 4.41. The van der Waals surface area contributed by atoms with Gasteiger partial charge in [0.1, 0.15) is 0 Å². The van der Waals surface area contributed by atoms with Crippen LogP contribution in [0, 0.1) is 0 Å². The van der Waals surface area contributed by atoms with Gasteiger partial charge in [0.2, 0.25) is 5.91 Å². The molecule has 1 atom stereocenters. The van der Waals surface area contributed by atoms with E-state index in [1.807, 2.05) is 10.9 Å². The van der Waals surface area contributed by atoms with Gasteiger partial charge in [0.15, 0.2) is 0 Å². The molecule has 0 aliphatic carbocycles. The molecule has 1 aromatic rings. The number of nitrogens with zero attached hydrogens (tertiary/aromatic N) is 1. The van der Waals surface area contributed by atoms with Crippen LogP contribution in [0.5, 0.6) is 0 Å². The van der Waals surface area contributed by atoms with E-state index in [4.69, 9.17) is 0 Å². The van der Waals surface area contributed by atoms with Gasteiger partial charge in [0, 0.05) is 30.8 Å². The van der Waals surface area contributed by atoms with Crippen molar-refractivity contribution in [3.63, 3.8) is 0 Å².